The Morgan fingerprint density at radius 1 is 0.914 bits per heavy atom. The fourth-order valence-corrected chi connectivity index (χ4v) is 4.98. The van der Waals surface area contributed by atoms with E-state index in [4.69, 9.17) is 4.42 Å². The summed E-state index contributed by atoms with van der Waals surface area (Å²) in [7, 11) is 0. The van der Waals surface area contributed by atoms with Gasteiger partial charge in [0.25, 0.3) is 5.91 Å². The minimum absolute atomic E-state index is 0.0163. The average molecular weight is 474 g/mol. The van der Waals surface area contributed by atoms with E-state index in [9.17, 15) is 14.7 Å². The highest BCUT2D eigenvalue weighted by Crippen LogP contribution is 2.46. The summed E-state index contributed by atoms with van der Waals surface area (Å²) in [6, 6.07) is 15.8. The molecule has 0 aliphatic heterocycles. The number of aliphatic hydroxyl groups is 1. The minimum atomic E-state index is -0.859. The van der Waals surface area contributed by atoms with E-state index in [1.165, 1.54) is 17.2 Å². The second kappa shape index (κ2) is 9.12. The summed E-state index contributed by atoms with van der Waals surface area (Å²) in [5.41, 5.74) is 4.77. The molecular weight excluding hydrogens is 438 g/mol. The molecular formula is C30H35NO4. The number of carbonyl (C=O) groups excluding carboxylic acids is 2. The molecule has 1 aromatic heterocycles. The maximum absolute atomic E-state index is 13.4. The second-order valence-electron chi connectivity index (χ2n) is 11.1. The van der Waals surface area contributed by atoms with Crippen LogP contribution in [0.4, 0.5) is 0 Å². The molecule has 184 valence electrons. The zero-order valence-corrected chi connectivity index (χ0v) is 21.4. The van der Waals surface area contributed by atoms with Crippen LogP contribution in [0.15, 0.2) is 59.0 Å². The van der Waals surface area contributed by atoms with Crippen molar-refractivity contribution >= 4 is 11.7 Å². The number of hydrogen-bond donors (Lipinski definition) is 2. The van der Waals surface area contributed by atoms with Crippen LogP contribution in [0.5, 0.6) is 0 Å². The molecule has 1 amide bonds. The Morgan fingerprint density at radius 3 is 2.11 bits per heavy atom. The van der Waals surface area contributed by atoms with Gasteiger partial charge in [0.15, 0.2) is 11.5 Å². The summed E-state index contributed by atoms with van der Waals surface area (Å²) in [4.78, 5) is 26.2. The molecule has 2 unspecified atom stereocenters. The van der Waals surface area contributed by atoms with Gasteiger partial charge >= 0.3 is 0 Å². The lowest BCUT2D eigenvalue weighted by molar-refractivity contribution is 0.0823. The SMILES string of the molecule is Cc1cc2c(cc1C(=O)c1ccc(C(=O)NC(C)C(O)c3ccccc3)o1)C(C)(C)CCC2(C)C. The quantitative estimate of drug-likeness (QED) is 0.429. The van der Waals surface area contributed by atoms with Gasteiger partial charge in [0, 0.05) is 5.56 Å². The third-order valence-electron chi connectivity index (χ3n) is 7.47. The number of furan rings is 1. The van der Waals surface area contributed by atoms with Crippen LogP contribution in [0.25, 0.3) is 0 Å². The third-order valence-corrected chi connectivity index (χ3v) is 7.47. The molecule has 5 heteroatoms. The molecule has 0 bridgehead atoms. The highest BCUT2D eigenvalue weighted by molar-refractivity contribution is 6.09. The Kier molecular flexibility index (Phi) is 6.50. The van der Waals surface area contributed by atoms with Crippen LogP contribution >= 0.6 is 0 Å². The molecule has 0 saturated heterocycles. The molecule has 3 aromatic rings. The van der Waals surface area contributed by atoms with Gasteiger partial charge in [-0.1, -0.05) is 64.1 Å². The highest BCUT2D eigenvalue weighted by atomic mass is 16.4. The summed E-state index contributed by atoms with van der Waals surface area (Å²) in [6.07, 6.45) is 1.30. The van der Waals surface area contributed by atoms with Gasteiger partial charge in [-0.05, 0) is 78.0 Å². The number of rotatable bonds is 6. The smallest absolute Gasteiger partial charge is 0.287 e. The molecule has 1 aliphatic carbocycles. The van der Waals surface area contributed by atoms with Gasteiger partial charge in [0.2, 0.25) is 5.78 Å². The molecule has 0 saturated carbocycles. The summed E-state index contributed by atoms with van der Waals surface area (Å²) in [6.45, 7) is 12.7. The number of amides is 1. The molecule has 2 aromatic carbocycles. The number of carbonyl (C=O) groups is 2. The van der Waals surface area contributed by atoms with E-state index in [0.717, 1.165) is 18.4 Å². The molecule has 5 nitrogen and oxygen atoms in total. The van der Waals surface area contributed by atoms with Crippen molar-refractivity contribution in [3.05, 3.63) is 93.9 Å². The van der Waals surface area contributed by atoms with Crippen molar-refractivity contribution in [1.82, 2.24) is 5.32 Å². The van der Waals surface area contributed by atoms with Gasteiger partial charge < -0.3 is 14.8 Å². The van der Waals surface area contributed by atoms with E-state index in [1.54, 1.807) is 25.1 Å². The molecule has 0 fully saturated rings. The Hall–Kier alpha value is -3.18. The van der Waals surface area contributed by atoms with Gasteiger partial charge in [-0.3, -0.25) is 9.59 Å². The molecule has 2 atom stereocenters. The number of aryl methyl sites for hydroxylation is 1. The average Bonchev–Trinajstić information content (AvgIpc) is 3.32. The number of fused-ring (bicyclic) bond motifs is 1. The van der Waals surface area contributed by atoms with Crippen molar-refractivity contribution in [2.75, 3.05) is 0 Å². The van der Waals surface area contributed by atoms with Crippen LogP contribution in [0, 0.1) is 6.92 Å². The molecule has 0 spiro atoms. The summed E-state index contributed by atoms with van der Waals surface area (Å²) < 4.78 is 5.70. The normalized spacial score (nSPS) is 17.8. The Labute approximate surface area is 207 Å². The molecule has 35 heavy (non-hydrogen) atoms. The highest BCUT2D eigenvalue weighted by Gasteiger charge is 2.38. The second-order valence-corrected chi connectivity index (χ2v) is 11.1. The standard InChI is InChI=1S/C30H35NO4/c1-18-16-22-23(30(5,6)15-14-29(22,3)4)17-21(18)27(33)24-12-13-25(35-24)28(34)31-19(2)26(32)20-10-8-7-9-11-20/h7-13,16-17,19,26,32H,14-15H2,1-6H3,(H,31,34). The molecule has 4 rings (SSSR count). The van der Waals surface area contributed by atoms with Crippen LogP contribution in [0.3, 0.4) is 0 Å². The number of aliphatic hydroxyl groups excluding tert-OH is 1. The third kappa shape index (κ3) is 4.83. The van der Waals surface area contributed by atoms with Crippen LogP contribution in [-0.4, -0.2) is 22.8 Å². The maximum atomic E-state index is 13.4. The molecule has 2 N–H and O–H groups in total. The van der Waals surface area contributed by atoms with Gasteiger partial charge in [0.05, 0.1) is 12.1 Å². The summed E-state index contributed by atoms with van der Waals surface area (Å²) in [5, 5.41) is 13.3. The van der Waals surface area contributed by atoms with Crippen molar-refractivity contribution in [3.63, 3.8) is 0 Å². The first kappa shape index (κ1) is 24.9. The fourth-order valence-electron chi connectivity index (χ4n) is 4.98. The summed E-state index contributed by atoms with van der Waals surface area (Å²) in [5.74, 6) is -0.544. The van der Waals surface area contributed by atoms with Crippen molar-refractivity contribution in [2.45, 2.75) is 77.4 Å². The molecule has 1 heterocycles. The number of ketones is 1. The first-order valence-corrected chi connectivity index (χ1v) is 12.2. The van der Waals surface area contributed by atoms with Gasteiger partial charge in [-0.2, -0.15) is 0 Å². The largest absolute Gasteiger partial charge is 0.447 e. The Balaban J connectivity index is 1.55. The van der Waals surface area contributed by atoms with Gasteiger partial charge in [-0.25, -0.2) is 0 Å². The van der Waals surface area contributed by atoms with E-state index in [-0.39, 0.29) is 28.1 Å². The van der Waals surface area contributed by atoms with Crippen LogP contribution in [0.1, 0.15) is 102 Å². The van der Waals surface area contributed by atoms with E-state index >= 15 is 0 Å². The van der Waals surface area contributed by atoms with Crippen LogP contribution in [0.2, 0.25) is 0 Å². The van der Waals surface area contributed by atoms with E-state index in [1.807, 2.05) is 31.2 Å². The summed E-state index contributed by atoms with van der Waals surface area (Å²) >= 11 is 0. The van der Waals surface area contributed by atoms with Crippen molar-refractivity contribution in [2.24, 2.45) is 0 Å². The predicted octanol–water partition coefficient (Wildman–Crippen LogP) is 6.02. The fraction of sp³-hybridized carbons (Fsp3) is 0.400. The number of benzene rings is 2. The first-order valence-electron chi connectivity index (χ1n) is 12.2. The predicted molar refractivity (Wildman–Crippen MR) is 137 cm³/mol. The monoisotopic (exact) mass is 473 g/mol. The van der Waals surface area contributed by atoms with Gasteiger partial charge in [0.1, 0.15) is 0 Å². The lowest BCUT2D eigenvalue weighted by Gasteiger charge is -2.42. The zero-order chi connectivity index (χ0) is 25.5. The van der Waals surface area contributed by atoms with Crippen LogP contribution < -0.4 is 5.32 Å². The van der Waals surface area contributed by atoms with Gasteiger partial charge in [-0.15, -0.1) is 0 Å². The molecule has 1 aliphatic rings. The number of hydrogen-bond acceptors (Lipinski definition) is 4. The topological polar surface area (TPSA) is 79.5 Å². The van der Waals surface area contributed by atoms with E-state index in [2.05, 4.69) is 39.1 Å². The van der Waals surface area contributed by atoms with Crippen molar-refractivity contribution in [3.8, 4) is 0 Å². The van der Waals surface area contributed by atoms with E-state index in [0.29, 0.717) is 11.1 Å². The Bertz CT molecular complexity index is 1250. The zero-order valence-electron chi connectivity index (χ0n) is 21.4. The number of nitrogens with one attached hydrogen (secondary N) is 1. The molecule has 0 radical (unpaired) electrons. The van der Waals surface area contributed by atoms with Crippen molar-refractivity contribution < 1.29 is 19.1 Å². The maximum Gasteiger partial charge on any atom is 0.287 e. The lowest BCUT2D eigenvalue weighted by atomic mass is 9.62. The van der Waals surface area contributed by atoms with Crippen molar-refractivity contribution in [1.29, 1.82) is 0 Å². The van der Waals surface area contributed by atoms with E-state index < -0.39 is 18.1 Å². The first-order chi connectivity index (χ1) is 16.4. The lowest BCUT2D eigenvalue weighted by Crippen LogP contribution is -2.36. The Morgan fingerprint density at radius 2 is 1.49 bits per heavy atom. The van der Waals surface area contributed by atoms with Crippen LogP contribution in [-0.2, 0) is 10.8 Å². The minimum Gasteiger partial charge on any atom is -0.447 e.